The zero-order chi connectivity index (χ0) is 14.0. The lowest BCUT2D eigenvalue weighted by Gasteiger charge is -2.26. The number of hydrogen-bond donors (Lipinski definition) is 1. The van der Waals surface area contributed by atoms with Crippen LogP contribution in [0.25, 0.3) is 0 Å². The monoisotopic (exact) mass is 253 g/mol. The topological polar surface area (TPSA) is 26.0 Å². The highest BCUT2D eigenvalue weighted by Crippen LogP contribution is 2.24. The Bertz CT molecular complexity index is 562. The molecule has 0 saturated heterocycles. The van der Waals surface area contributed by atoms with Crippen LogP contribution in [0.5, 0.6) is 0 Å². The van der Waals surface area contributed by atoms with E-state index in [1.54, 1.807) is 0 Å². The van der Waals surface area contributed by atoms with E-state index in [1.165, 1.54) is 27.8 Å². The molecule has 2 rings (SSSR count). The summed E-state index contributed by atoms with van der Waals surface area (Å²) in [6, 6.07) is 15.2. The van der Waals surface area contributed by atoms with Gasteiger partial charge in [0.2, 0.25) is 0 Å². The van der Waals surface area contributed by atoms with Gasteiger partial charge in [-0.2, -0.15) is 0 Å². The largest absolute Gasteiger partial charge is 0.321 e. The molecule has 2 aromatic rings. The highest BCUT2D eigenvalue weighted by Gasteiger charge is 2.21. The van der Waals surface area contributed by atoms with E-state index in [1.807, 2.05) is 0 Å². The Balaban J connectivity index is 2.30. The molecule has 100 valence electrons. The minimum Gasteiger partial charge on any atom is -0.321 e. The third kappa shape index (κ3) is 3.45. The Morgan fingerprint density at radius 1 is 0.895 bits per heavy atom. The highest BCUT2D eigenvalue weighted by atomic mass is 14.7. The Kier molecular flexibility index (Phi) is 3.77. The standard InChI is InChI=1S/C18H23N/c1-13-6-5-7-17(11-13)18(4,19)12-16-9-14(2)8-15(3)10-16/h5-11H,12,19H2,1-4H3. The summed E-state index contributed by atoms with van der Waals surface area (Å²) in [6.07, 6.45) is 0.860. The Hall–Kier alpha value is -1.60. The summed E-state index contributed by atoms with van der Waals surface area (Å²) in [5.41, 5.74) is 12.6. The first-order valence-corrected chi connectivity index (χ1v) is 6.80. The normalized spacial score (nSPS) is 14.2. The molecule has 0 aliphatic heterocycles. The highest BCUT2D eigenvalue weighted by molar-refractivity contribution is 5.34. The maximum atomic E-state index is 6.54. The van der Waals surface area contributed by atoms with Gasteiger partial charge in [0.1, 0.15) is 0 Å². The van der Waals surface area contributed by atoms with Crippen molar-refractivity contribution in [3.8, 4) is 0 Å². The van der Waals surface area contributed by atoms with Gasteiger partial charge in [0.15, 0.2) is 0 Å². The summed E-state index contributed by atoms with van der Waals surface area (Å²) < 4.78 is 0. The Labute approximate surface area is 116 Å². The van der Waals surface area contributed by atoms with Gasteiger partial charge in [-0.3, -0.25) is 0 Å². The van der Waals surface area contributed by atoms with Crippen molar-refractivity contribution >= 4 is 0 Å². The summed E-state index contributed by atoms with van der Waals surface area (Å²) in [6.45, 7) is 8.49. The molecule has 1 atom stereocenters. The summed E-state index contributed by atoms with van der Waals surface area (Å²) >= 11 is 0. The second kappa shape index (κ2) is 5.18. The van der Waals surface area contributed by atoms with Crippen molar-refractivity contribution in [2.24, 2.45) is 5.73 Å². The van der Waals surface area contributed by atoms with E-state index in [2.05, 4.69) is 70.2 Å². The minimum absolute atomic E-state index is 0.327. The van der Waals surface area contributed by atoms with Gasteiger partial charge in [0.05, 0.1) is 0 Å². The van der Waals surface area contributed by atoms with E-state index in [4.69, 9.17) is 5.73 Å². The number of benzene rings is 2. The van der Waals surface area contributed by atoms with Gasteiger partial charge in [-0.05, 0) is 45.2 Å². The molecule has 1 unspecified atom stereocenters. The van der Waals surface area contributed by atoms with Crippen molar-refractivity contribution in [2.45, 2.75) is 39.7 Å². The van der Waals surface area contributed by atoms with Gasteiger partial charge < -0.3 is 5.73 Å². The number of aryl methyl sites for hydroxylation is 3. The smallest absolute Gasteiger partial charge is 0.0421 e. The molecule has 0 saturated carbocycles. The molecule has 1 nitrogen and oxygen atoms in total. The van der Waals surface area contributed by atoms with Gasteiger partial charge in [0.25, 0.3) is 0 Å². The van der Waals surface area contributed by atoms with Crippen molar-refractivity contribution in [1.29, 1.82) is 0 Å². The molecular weight excluding hydrogens is 230 g/mol. The molecule has 0 amide bonds. The third-order valence-corrected chi connectivity index (χ3v) is 3.53. The summed E-state index contributed by atoms with van der Waals surface area (Å²) in [4.78, 5) is 0. The summed E-state index contributed by atoms with van der Waals surface area (Å²) in [5, 5.41) is 0. The van der Waals surface area contributed by atoms with Crippen LogP contribution in [0, 0.1) is 20.8 Å². The van der Waals surface area contributed by atoms with Crippen LogP contribution in [-0.2, 0) is 12.0 Å². The molecule has 0 bridgehead atoms. The van der Waals surface area contributed by atoms with Crippen LogP contribution in [0.4, 0.5) is 0 Å². The fourth-order valence-corrected chi connectivity index (χ4v) is 2.70. The lowest BCUT2D eigenvalue weighted by molar-refractivity contribution is 0.491. The maximum Gasteiger partial charge on any atom is 0.0421 e. The number of nitrogens with two attached hydrogens (primary N) is 1. The molecule has 0 spiro atoms. The first-order valence-electron chi connectivity index (χ1n) is 6.80. The van der Waals surface area contributed by atoms with Crippen LogP contribution in [0.2, 0.25) is 0 Å². The number of hydrogen-bond acceptors (Lipinski definition) is 1. The molecule has 0 heterocycles. The molecule has 2 aromatic carbocycles. The Morgan fingerprint density at radius 3 is 2.11 bits per heavy atom. The van der Waals surface area contributed by atoms with Gasteiger partial charge in [-0.1, -0.05) is 59.2 Å². The zero-order valence-electron chi connectivity index (χ0n) is 12.3. The van der Waals surface area contributed by atoms with E-state index in [0.717, 1.165) is 6.42 Å². The summed E-state index contributed by atoms with van der Waals surface area (Å²) in [7, 11) is 0. The van der Waals surface area contributed by atoms with Crippen LogP contribution in [-0.4, -0.2) is 0 Å². The fourth-order valence-electron chi connectivity index (χ4n) is 2.70. The summed E-state index contributed by atoms with van der Waals surface area (Å²) in [5.74, 6) is 0. The van der Waals surface area contributed by atoms with Gasteiger partial charge in [-0.25, -0.2) is 0 Å². The first-order chi connectivity index (χ1) is 8.87. The van der Waals surface area contributed by atoms with E-state index in [-0.39, 0.29) is 5.54 Å². The van der Waals surface area contributed by atoms with Gasteiger partial charge in [0, 0.05) is 5.54 Å². The van der Waals surface area contributed by atoms with Crippen molar-refractivity contribution in [1.82, 2.24) is 0 Å². The molecular formula is C18H23N. The van der Waals surface area contributed by atoms with Crippen molar-refractivity contribution < 1.29 is 0 Å². The van der Waals surface area contributed by atoms with Gasteiger partial charge >= 0.3 is 0 Å². The lowest BCUT2D eigenvalue weighted by atomic mass is 9.85. The van der Waals surface area contributed by atoms with Crippen LogP contribution >= 0.6 is 0 Å². The average Bonchev–Trinajstić information content (AvgIpc) is 2.26. The molecule has 0 aliphatic rings. The van der Waals surface area contributed by atoms with E-state index in [0.29, 0.717) is 0 Å². The second-order valence-corrected chi connectivity index (χ2v) is 5.96. The molecule has 1 heteroatoms. The molecule has 2 N–H and O–H groups in total. The van der Waals surface area contributed by atoms with E-state index >= 15 is 0 Å². The zero-order valence-corrected chi connectivity index (χ0v) is 12.3. The first kappa shape index (κ1) is 13.8. The lowest BCUT2D eigenvalue weighted by Crippen LogP contribution is -2.35. The molecule has 0 aromatic heterocycles. The number of rotatable bonds is 3. The molecule has 0 aliphatic carbocycles. The van der Waals surface area contributed by atoms with E-state index < -0.39 is 0 Å². The van der Waals surface area contributed by atoms with Crippen molar-refractivity contribution in [3.05, 3.63) is 70.3 Å². The quantitative estimate of drug-likeness (QED) is 0.878. The molecule has 0 radical (unpaired) electrons. The van der Waals surface area contributed by atoms with Crippen LogP contribution in [0.15, 0.2) is 42.5 Å². The van der Waals surface area contributed by atoms with Crippen LogP contribution in [0.1, 0.15) is 34.7 Å². The molecule has 19 heavy (non-hydrogen) atoms. The Morgan fingerprint density at radius 2 is 1.53 bits per heavy atom. The van der Waals surface area contributed by atoms with Crippen molar-refractivity contribution in [2.75, 3.05) is 0 Å². The van der Waals surface area contributed by atoms with Crippen LogP contribution in [0.3, 0.4) is 0 Å². The predicted molar refractivity (Wildman–Crippen MR) is 82.3 cm³/mol. The fraction of sp³-hybridized carbons (Fsp3) is 0.333. The van der Waals surface area contributed by atoms with Crippen molar-refractivity contribution in [3.63, 3.8) is 0 Å². The van der Waals surface area contributed by atoms with Crippen LogP contribution < -0.4 is 5.73 Å². The SMILES string of the molecule is Cc1cc(C)cc(CC(C)(N)c2cccc(C)c2)c1. The molecule has 0 fully saturated rings. The van der Waals surface area contributed by atoms with E-state index in [9.17, 15) is 0 Å². The third-order valence-electron chi connectivity index (χ3n) is 3.53. The predicted octanol–water partition coefficient (Wildman–Crippen LogP) is 4.03. The maximum absolute atomic E-state index is 6.54. The average molecular weight is 253 g/mol. The minimum atomic E-state index is -0.327. The second-order valence-electron chi connectivity index (χ2n) is 5.96. The van der Waals surface area contributed by atoms with Gasteiger partial charge in [-0.15, -0.1) is 0 Å².